The Labute approximate surface area is 113 Å². The molecule has 0 spiro atoms. The molecule has 1 atom stereocenters. The molecule has 1 aliphatic heterocycles. The normalized spacial score (nSPS) is 18.4. The molecule has 3 rings (SSSR count). The molecule has 2 heterocycles. The summed E-state index contributed by atoms with van der Waals surface area (Å²) in [5.41, 5.74) is 0.291. The number of hydrogen-bond acceptors (Lipinski definition) is 3. The molecule has 1 unspecified atom stereocenters. The maximum Gasteiger partial charge on any atom is 0.433 e. The SMILES string of the molecule is CCC1N=C(C(F)(F)F)c2cnc3ccccc3c2N1. The molecule has 0 aliphatic carbocycles. The number of nitrogens with one attached hydrogen (secondary N) is 1. The zero-order valence-corrected chi connectivity index (χ0v) is 10.7. The van der Waals surface area contributed by atoms with Crippen molar-refractivity contribution in [3.63, 3.8) is 0 Å². The molecule has 1 N–H and O–H groups in total. The smallest absolute Gasteiger partial charge is 0.363 e. The molecule has 0 saturated carbocycles. The number of aliphatic imine (C=N–C) groups is 1. The van der Waals surface area contributed by atoms with Crippen molar-refractivity contribution >= 4 is 22.3 Å². The van der Waals surface area contributed by atoms with E-state index in [1.807, 2.05) is 0 Å². The van der Waals surface area contributed by atoms with Gasteiger partial charge in [-0.05, 0) is 12.5 Å². The maximum atomic E-state index is 13.1. The Balaban J connectivity index is 2.27. The fourth-order valence-corrected chi connectivity index (χ4v) is 2.32. The number of halogens is 3. The molecule has 1 aromatic carbocycles. The Hall–Kier alpha value is -2.11. The Kier molecular flexibility index (Phi) is 2.88. The van der Waals surface area contributed by atoms with Crippen molar-refractivity contribution in [2.75, 3.05) is 5.32 Å². The topological polar surface area (TPSA) is 37.3 Å². The van der Waals surface area contributed by atoms with Gasteiger partial charge in [0.15, 0.2) is 5.71 Å². The fourth-order valence-electron chi connectivity index (χ4n) is 2.32. The van der Waals surface area contributed by atoms with Crippen molar-refractivity contribution in [3.05, 3.63) is 36.0 Å². The summed E-state index contributed by atoms with van der Waals surface area (Å²) in [6.07, 6.45) is -3.32. The van der Waals surface area contributed by atoms with Crippen molar-refractivity contribution in [1.82, 2.24) is 4.98 Å². The van der Waals surface area contributed by atoms with Crippen LogP contribution in [0.4, 0.5) is 18.9 Å². The lowest BCUT2D eigenvalue weighted by molar-refractivity contribution is -0.0585. The van der Waals surface area contributed by atoms with E-state index in [4.69, 9.17) is 0 Å². The molecular weight excluding hydrogens is 267 g/mol. The summed E-state index contributed by atoms with van der Waals surface area (Å²) >= 11 is 0. The van der Waals surface area contributed by atoms with E-state index in [9.17, 15) is 13.2 Å². The highest BCUT2D eigenvalue weighted by atomic mass is 19.4. The molecule has 1 aromatic heterocycles. The summed E-state index contributed by atoms with van der Waals surface area (Å²) in [5.74, 6) is 0. The quantitative estimate of drug-likeness (QED) is 0.863. The van der Waals surface area contributed by atoms with Crippen LogP contribution in [0, 0.1) is 0 Å². The van der Waals surface area contributed by atoms with E-state index < -0.39 is 18.1 Å². The summed E-state index contributed by atoms with van der Waals surface area (Å²) in [7, 11) is 0. The third-order valence-electron chi connectivity index (χ3n) is 3.28. The average Bonchev–Trinajstić information content (AvgIpc) is 2.44. The molecule has 0 fully saturated rings. The third-order valence-corrected chi connectivity index (χ3v) is 3.28. The molecule has 3 nitrogen and oxygen atoms in total. The minimum absolute atomic E-state index is 0.0147. The molecule has 6 heteroatoms. The largest absolute Gasteiger partial charge is 0.433 e. The average molecular weight is 279 g/mol. The summed E-state index contributed by atoms with van der Waals surface area (Å²) in [6.45, 7) is 1.80. The first-order valence-corrected chi connectivity index (χ1v) is 6.30. The Bertz CT molecular complexity index is 692. The van der Waals surface area contributed by atoms with Crippen LogP contribution in [0.15, 0.2) is 35.5 Å². The lowest BCUT2D eigenvalue weighted by Gasteiger charge is -2.26. The van der Waals surface area contributed by atoms with E-state index in [0.29, 0.717) is 23.0 Å². The number of benzene rings is 1. The second-order valence-electron chi connectivity index (χ2n) is 4.61. The van der Waals surface area contributed by atoms with Crippen LogP contribution in [-0.4, -0.2) is 23.0 Å². The molecule has 0 bridgehead atoms. The van der Waals surface area contributed by atoms with E-state index >= 15 is 0 Å². The molecule has 104 valence electrons. The molecule has 20 heavy (non-hydrogen) atoms. The number of pyridine rings is 1. The van der Waals surface area contributed by atoms with Crippen LogP contribution in [0.3, 0.4) is 0 Å². The van der Waals surface area contributed by atoms with Gasteiger partial charge < -0.3 is 5.32 Å². The first-order chi connectivity index (χ1) is 9.50. The van der Waals surface area contributed by atoms with Crippen LogP contribution >= 0.6 is 0 Å². The van der Waals surface area contributed by atoms with Gasteiger partial charge in [-0.3, -0.25) is 9.98 Å². The monoisotopic (exact) mass is 279 g/mol. The predicted molar refractivity (Wildman–Crippen MR) is 72.0 cm³/mol. The van der Waals surface area contributed by atoms with Gasteiger partial charge in [0.05, 0.1) is 11.2 Å². The number of aromatic nitrogens is 1. The van der Waals surface area contributed by atoms with Crippen LogP contribution in [0.1, 0.15) is 18.9 Å². The van der Waals surface area contributed by atoms with E-state index in [1.54, 1.807) is 31.2 Å². The van der Waals surface area contributed by atoms with Gasteiger partial charge in [-0.1, -0.05) is 25.1 Å². The van der Waals surface area contributed by atoms with Crippen molar-refractivity contribution in [1.29, 1.82) is 0 Å². The van der Waals surface area contributed by atoms with E-state index in [1.165, 1.54) is 6.20 Å². The second kappa shape index (κ2) is 4.47. The van der Waals surface area contributed by atoms with Gasteiger partial charge >= 0.3 is 6.18 Å². The van der Waals surface area contributed by atoms with Crippen LogP contribution in [0.25, 0.3) is 10.9 Å². The highest BCUT2D eigenvalue weighted by Crippen LogP contribution is 2.35. The zero-order chi connectivity index (χ0) is 14.3. The Morgan fingerprint density at radius 2 is 2.00 bits per heavy atom. The van der Waals surface area contributed by atoms with Gasteiger partial charge in [0, 0.05) is 17.1 Å². The van der Waals surface area contributed by atoms with Crippen molar-refractivity contribution in [2.24, 2.45) is 4.99 Å². The van der Waals surface area contributed by atoms with Gasteiger partial charge in [-0.15, -0.1) is 0 Å². The van der Waals surface area contributed by atoms with Gasteiger partial charge in [0.25, 0.3) is 0 Å². The molecule has 1 aliphatic rings. The Morgan fingerprint density at radius 3 is 2.70 bits per heavy atom. The summed E-state index contributed by atoms with van der Waals surface area (Å²) < 4.78 is 39.4. The second-order valence-corrected chi connectivity index (χ2v) is 4.61. The number of rotatable bonds is 1. The standard InChI is InChI=1S/C14H12F3N3/c1-2-11-19-12-8-5-3-4-6-10(8)18-7-9(12)13(20-11)14(15,16)17/h3-7,11,19H,2H2,1H3. The van der Waals surface area contributed by atoms with Crippen molar-refractivity contribution in [2.45, 2.75) is 25.7 Å². The number of anilines is 1. The summed E-state index contributed by atoms with van der Waals surface area (Å²) in [5, 5.41) is 3.74. The zero-order valence-electron chi connectivity index (χ0n) is 10.7. The van der Waals surface area contributed by atoms with E-state index in [2.05, 4.69) is 15.3 Å². The summed E-state index contributed by atoms with van der Waals surface area (Å²) in [6, 6.07) is 7.13. The first kappa shape index (κ1) is 12.9. The first-order valence-electron chi connectivity index (χ1n) is 6.30. The minimum atomic E-state index is -4.48. The number of para-hydroxylation sites is 1. The predicted octanol–water partition coefficient (Wildman–Crippen LogP) is 3.75. The van der Waals surface area contributed by atoms with Crippen LogP contribution in [0.5, 0.6) is 0 Å². The number of alkyl halides is 3. The molecule has 0 saturated heterocycles. The van der Waals surface area contributed by atoms with Crippen LogP contribution < -0.4 is 5.32 Å². The van der Waals surface area contributed by atoms with Crippen molar-refractivity contribution in [3.8, 4) is 0 Å². The Morgan fingerprint density at radius 1 is 1.25 bits per heavy atom. The molecule has 0 radical (unpaired) electrons. The van der Waals surface area contributed by atoms with Gasteiger partial charge in [-0.25, -0.2) is 0 Å². The highest BCUT2D eigenvalue weighted by Gasteiger charge is 2.41. The number of nitrogens with zero attached hydrogens (tertiary/aromatic N) is 2. The van der Waals surface area contributed by atoms with E-state index in [0.717, 1.165) is 0 Å². The van der Waals surface area contributed by atoms with Gasteiger partial charge in [-0.2, -0.15) is 13.2 Å². The van der Waals surface area contributed by atoms with Gasteiger partial charge in [0.2, 0.25) is 0 Å². The molecular formula is C14H12F3N3. The summed E-state index contributed by atoms with van der Waals surface area (Å²) in [4.78, 5) is 7.85. The van der Waals surface area contributed by atoms with Crippen LogP contribution in [-0.2, 0) is 0 Å². The van der Waals surface area contributed by atoms with Crippen LogP contribution in [0.2, 0.25) is 0 Å². The lowest BCUT2D eigenvalue weighted by Crippen LogP contribution is -2.33. The van der Waals surface area contributed by atoms with Gasteiger partial charge in [0.1, 0.15) is 6.17 Å². The van der Waals surface area contributed by atoms with Crippen molar-refractivity contribution < 1.29 is 13.2 Å². The minimum Gasteiger partial charge on any atom is -0.363 e. The number of fused-ring (bicyclic) bond motifs is 3. The highest BCUT2D eigenvalue weighted by molar-refractivity contribution is 6.14. The molecule has 0 amide bonds. The number of hydrogen-bond donors (Lipinski definition) is 1. The lowest BCUT2D eigenvalue weighted by atomic mass is 10.0. The third kappa shape index (κ3) is 2.01. The maximum absolute atomic E-state index is 13.1. The molecule has 2 aromatic rings. The fraction of sp³-hybridized carbons (Fsp3) is 0.286. The van der Waals surface area contributed by atoms with E-state index in [-0.39, 0.29) is 5.56 Å².